The Hall–Kier alpha value is -5.40. The Bertz CT molecular complexity index is 2400. The number of rotatable bonds is 3. The lowest BCUT2D eigenvalue weighted by Crippen LogP contribution is -2.27. The van der Waals surface area contributed by atoms with E-state index in [-0.39, 0.29) is 10.8 Å². The molecular weight excluding hydrogens is 603 g/mol. The van der Waals surface area contributed by atoms with E-state index in [1.807, 2.05) is 0 Å². The van der Waals surface area contributed by atoms with Crippen molar-refractivity contribution in [1.82, 2.24) is 0 Å². The van der Waals surface area contributed by atoms with Crippen molar-refractivity contribution in [3.63, 3.8) is 0 Å². The van der Waals surface area contributed by atoms with E-state index in [0.29, 0.717) is 0 Å². The van der Waals surface area contributed by atoms with Gasteiger partial charge in [0, 0.05) is 16.9 Å². The lowest BCUT2D eigenvalue weighted by Gasteiger charge is -2.33. The Balaban J connectivity index is 1.23. The molecule has 1 N–H and O–H groups in total. The molecular formula is C49H43N. The SMILES string of the molecule is CC(C)(C)c1ccc2c(c1)C1(c3cc(C(C)(C)C)ccc3-2)c2ccccc2-c2c(Nc3ccc(-c4cccc5ccccc45)cc3)cccc21. The first-order valence-electron chi connectivity index (χ1n) is 17.9. The monoisotopic (exact) mass is 645 g/mol. The minimum Gasteiger partial charge on any atom is -0.355 e. The molecule has 2 aliphatic carbocycles. The molecule has 1 nitrogen and oxygen atoms in total. The molecule has 7 aromatic rings. The normalized spacial score (nSPS) is 14.0. The highest BCUT2D eigenvalue weighted by atomic mass is 14.9. The van der Waals surface area contributed by atoms with Crippen molar-refractivity contribution in [2.45, 2.75) is 57.8 Å². The summed E-state index contributed by atoms with van der Waals surface area (Å²) in [5.74, 6) is 0. The third-order valence-electron chi connectivity index (χ3n) is 11.2. The molecule has 0 unspecified atom stereocenters. The van der Waals surface area contributed by atoms with Crippen molar-refractivity contribution >= 4 is 22.1 Å². The first-order chi connectivity index (χ1) is 24.0. The van der Waals surface area contributed by atoms with Crippen LogP contribution in [0.25, 0.3) is 44.2 Å². The van der Waals surface area contributed by atoms with Crippen molar-refractivity contribution in [1.29, 1.82) is 0 Å². The fraction of sp³-hybridized carbons (Fsp3) is 0.184. The van der Waals surface area contributed by atoms with E-state index >= 15 is 0 Å². The predicted octanol–water partition coefficient (Wildman–Crippen LogP) is 13.2. The molecule has 1 spiro atoms. The average Bonchev–Trinajstić information content (AvgIpc) is 3.58. The van der Waals surface area contributed by atoms with E-state index in [1.165, 1.54) is 77.5 Å². The fourth-order valence-electron chi connectivity index (χ4n) is 8.64. The van der Waals surface area contributed by atoms with Crippen molar-refractivity contribution in [2.24, 2.45) is 0 Å². The van der Waals surface area contributed by atoms with E-state index in [2.05, 4.69) is 192 Å². The summed E-state index contributed by atoms with van der Waals surface area (Å²) in [6, 6.07) is 54.6. The number of fused-ring (bicyclic) bond motifs is 11. The van der Waals surface area contributed by atoms with Gasteiger partial charge in [0.05, 0.1) is 5.41 Å². The number of hydrogen-bond acceptors (Lipinski definition) is 1. The van der Waals surface area contributed by atoms with Crippen molar-refractivity contribution in [2.75, 3.05) is 5.32 Å². The zero-order valence-corrected chi connectivity index (χ0v) is 29.9. The molecule has 9 rings (SSSR count). The maximum absolute atomic E-state index is 3.89. The second-order valence-corrected chi connectivity index (χ2v) is 16.3. The minimum absolute atomic E-state index is 0.0319. The van der Waals surface area contributed by atoms with Crippen LogP contribution in [-0.4, -0.2) is 0 Å². The van der Waals surface area contributed by atoms with E-state index < -0.39 is 5.41 Å². The van der Waals surface area contributed by atoms with Crippen LogP contribution in [0.15, 0.2) is 146 Å². The summed E-state index contributed by atoms with van der Waals surface area (Å²) in [6.45, 7) is 13.9. The van der Waals surface area contributed by atoms with Gasteiger partial charge in [-0.05, 0) is 101 Å². The van der Waals surface area contributed by atoms with Crippen LogP contribution in [0.4, 0.5) is 11.4 Å². The molecule has 0 saturated heterocycles. The molecule has 244 valence electrons. The summed E-state index contributed by atoms with van der Waals surface area (Å²) in [6.07, 6.45) is 0. The fourth-order valence-corrected chi connectivity index (χ4v) is 8.64. The van der Waals surface area contributed by atoms with Gasteiger partial charge >= 0.3 is 0 Å². The second-order valence-electron chi connectivity index (χ2n) is 16.3. The van der Waals surface area contributed by atoms with E-state index in [0.717, 1.165) is 11.4 Å². The molecule has 0 saturated carbocycles. The highest BCUT2D eigenvalue weighted by Gasteiger charge is 2.52. The summed E-state index contributed by atoms with van der Waals surface area (Å²) in [5, 5.41) is 6.43. The van der Waals surface area contributed by atoms with Crippen LogP contribution in [-0.2, 0) is 16.2 Å². The van der Waals surface area contributed by atoms with Crippen LogP contribution in [0, 0.1) is 0 Å². The maximum Gasteiger partial charge on any atom is 0.0726 e. The summed E-state index contributed by atoms with van der Waals surface area (Å²) in [4.78, 5) is 0. The molecule has 0 heterocycles. The van der Waals surface area contributed by atoms with Gasteiger partial charge in [0.1, 0.15) is 0 Å². The van der Waals surface area contributed by atoms with Gasteiger partial charge in [-0.15, -0.1) is 0 Å². The highest BCUT2D eigenvalue weighted by molar-refractivity contribution is 6.00. The van der Waals surface area contributed by atoms with Crippen LogP contribution in [0.3, 0.4) is 0 Å². The lowest BCUT2D eigenvalue weighted by atomic mass is 9.69. The molecule has 0 radical (unpaired) electrons. The predicted molar refractivity (Wildman–Crippen MR) is 213 cm³/mol. The van der Waals surface area contributed by atoms with Crippen LogP contribution >= 0.6 is 0 Å². The second kappa shape index (κ2) is 10.8. The van der Waals surface area contributed by atoms with Crippen molar-refractivity contribution in [3.8, 4) is 33.4 Å². The first-order valence-corrected chi connectivity index (χ1v) is 17.9. The van der Waals surface area contributed by atoms with Gasteiger partial charge in [-0.1, -0.05) is 169 Å². The Labute approximate surface area is 296 Å². The molecule has 0 aromatic heterocycles. The lowest BCUT2D eigenvalue weighted by molar-refractivity contribution is 0.586. The molecule has 1 heteroatoms. The largest absolute Gasteiger partial charge is 0.355 e. The Kier molecular flexibility index (Phi) is 6.62. The Morgan fingerprint density at radius 2 is 1.00 bits per heavy atom. The van der Waals surface area contributed by atoms with Crippen molar-refractivity contribution in [3.05, 3.63) is 179 Å². The molecule has 0 atom stereocenters. The topological polar surface area (TPSA) is 12.0 Å². The molecule has 50 heavy (non-hydrogen) atoms. The summed E-state index contributed by atoms with van der Waals surface area (Å²) >= 11 is 0. The molecule has 7 aromatic carbocycles. The summed E-state index contributed by atoms with van der Waals surface area (Å²) in [7, 11) is 0. The first kappa shape index (κ1) is 30.6. The van der Waals surface area contributed by atoms with Gasteiger partial charge in [-0.3, -0.25) is 0 Å². The summed E-state index contributed by atoms with van der Waals surface area (Å²) < 4.78 is 0. The Morgan fingerprint density at radius 1 is 0.440 bits per heavy atom. The van der Waals surface area contributed by atoms with Crippen LogP contribution in [0.1, 0.15) is 74.9 Å². The minimum atomic E-state index is -0.408. The van der Waals surface area contributed by atoms with Crippen LogP contribution < -0.4 is 5.32 Å². The zero-order chi connectivity index (χ0) is 34.4. The maximum atomic E-state index is 3.89. The van der Waals surface area contributed by atoms with E-state index in [9.17, 15) is 0 Å². The number of nitrogens with one attached hydrogen (secondary N) is 1. The van der Waals surface area contributed by atoms with E-state index in [1.54, 1.807) is 0 Å². The Morgan fingerprint density at radius 3 is 1.68 bits per heavy atom. The van der Waals surface area contributed by atoms with Gasteiger partial charge in [-0.2, -0.15) is 0 Å². The third-order valence-corrected chi connectivity index (χ3v) is 11.2. The van der Waals surface area contributed by atoms with Gasteiger partial charge in [0.15, 0.2) is 0 Å². The standard InChI is InChI=1S/C49H43N/c1-47(2,3)33-23-27-38-39-28-24-34(48(4,5)6)30-44(39)49(43(38)29-33)41-18-10-9-16-40(41)46-42(49)19-12-20-45(46)50-35-25-21-32(22-26-35)37-17-11-14-31-13-7-8-15-36(31)37/h7-30,50H,1-6H3. The van der Waals surface area contributed by atoms with Crippen molar-refractivity contribution < 1.29 is 0 Å². The molecule has 2 aliphatic rings. The van der Waals surface area contributed by atoms with Crippen LogP contribution in [0.2, 0.25) is 0 Å². The quantitative estimate of drug-likeness (QED) is 0.202. The summed E-state index contributed by atoms with van der Waals surface area (Å²) in [5.41, 5.74) is 17.9. The molecule has 0 fully saturated rings. The number of hydrogen-bond donors (Lipinski definition) is 1. The van der Waals surface area contributed by atoms with Gasteiger partial charge in [0.25, 0.3) is 0 Å². The highest BCUT2D eigenvalue weighted by Crippen LogP contribution is 2.64. The molecule has 0 bridgehead atoms. The molecule has 0 aliphatic heterocycles. The smallest absolute Gasteiger partial charge is 0.0726 e. The van der Waals surface area contributed by atoms with Gasteiger partial charge < -0.3 is 5.32 Å². The zero-order valence-electron chi connectivity index (χ0n) is 29.9. The van der Waals surface area contributed by atoms with E-state index in [4.69, 9.17) is 0 Å². The molecule has 0 amide bonds. The number of benzene rings is 7. The third kappa shape index (κ3) is 4.46. The number of anilines is 2. The van der Waals surface area contributed by atoms with Crippen LogP contribution in [0.5, 0.6) is 0 Å². The average molecular weight is 646 g/mol. The van der Waals surface area contributed by atoms with Gasteiger partial charge in [0.2, 0.25) is 0 Å². The van der Waals surface area contributed by atoms with Gasteiger partial charge in [-0.25, -0.2) is 0 Å².